The maximum absolute atomic E-state index is 13.5. The molecule has 7 nitrogen and oxygen atoms in total. The molecule has 7 heteroatoms. The van der Waals surface area contributed by atoms with Crippen LogP contribution in [0.25, 0.3) is 0 Å². The fourth-order valence-corrected chi connectivity index (χ4v) is 6.21. The molecule has 1 aromatic heterocycles. The van der Waals surface area contributed by atoms with E-state index in [1.165, 1.54) is 44.9 Å². The summed E-state index contributed by atoms with van der Waals surface area (Å²) in [6, 6.07) is 0. The van der Waals surface area contributed by atoms with E-state index in [1.807, 2.05) is 11.2 Å². The smallest absolute Gasteiger partial charge is 0.225 e. The zero-order chi connectivity index (χ0) is 20.7. The average Bonchev–Trinajstić information content (AvgIpc) is 3.35. The summed E-state index contributed by atoms with van der Waals surface area (Å²) in [6.45, 7) is 5.74. The fourth-order valence-electron chi connectivity index (χ4n) is 6.21. The van der Waals surface area contributed by atoms with Crippen molar-refractivity contribution in [2.75, 3.05) is 26.2 Å². The highest BCUT2D eigenvalue weighted by Gasteiger charge is 2.51. The van der Waals surface area contributed by atoms with Crippen LogP contribution >= 0.6 is 0 Å². The minimum Gasteiger partial charge on any atom is -0.343 e. The number of rotatable bonds is 4. The molecule has 1 spiro atoms. The summed E-state index contributed by atoms with van der Waals surface area (Å²) in [5.74, 6) is 2.69. The second kappa shape index (κ2) is 7.97. The molecule has 4 fully saturated rings. The van der Waals surface area contributed by atoms with Crippen molar-refractivity contribution >= 4 is 11.8 Å². The first-order chi connectivity index (χ1) is 14.6. The molecule has 0 N–H and O–H groups in total. The van der Waals surface area contributed by atoms with Gasteiger partial charge in [0.15, 0.2) is 0 Å². The minimum atomic E-state index is 0.0596. The number of carbonyl (C=O) groups excluding carboxylic acids is 2. The van der Waals surface area contributed by atoms with Crippen molar-refractivity contribution in [1.29, 1.82) is 0 Å². The van der Waals surface area contributed by atoms with Crippen LogP contribution in [0, 0.1) is 17.3 Å². The first-order valence-corrected chi connectivity index (χ1v) is 12.0. The molecule has 164 valence electrons. The largest absolute Gasteiger partial charge is 0.343 e. The Bertz CT molecular complexity index is 787. The van der Waals surface area contributed by atoms with Crippen LogP contribution in [0.4, 0.5) is 0 Å². The average molecular weight is 414 g/mol. The second-order valence-corrected chi connectivity index (χ2v) is 10.3. The van der Waals surface area contributed by atoms with Gasteiger partial charge in [-0.2, -0.15) is 0 Å². The quantitative estimate of drug-likeness (QED) is 0.761. The topological polar surface area (TPSA) is 71.3 Å². The Balaban J connectivity index is 1.34. The van der Waals surface area contributed by atoms with Crippen LogP contribution in [0.3, 0.4) is 0 Å². The van der Waals surface area contributed by atoms with Crippen molar-refractivity contribution in [2.24, 2.45) is 17.3 Å². The maximum Gasteiger partial charge on any atom is 0.225 e. The van der Waals surface area contributed by atoms with Crippen molar-refractivity contribution in [2.45, 2.75) is 77.2 Å². The van der Waals surface area contributed by atoms with Crippen LogP contribution in [0.15, 0.2) is 6.33 Å². The first kappa shape index (κ1) is 20.0. The Hall–Kier alpha value is -1.92. The van der Waals surface area contributed by atoms with E-state index in [4.69, 9.17) is 0 Å². The van der Waals surface area contributed by atoms with Gasteiger partial charge in [0.05, 0.1) is 0 Å². The lowest BCUT2D eigenvalue weighted by molar-refractivity contribution is -0.139. The van der Waals surface area contributed by atoms with E-state index < -0.39 is 0 Å². The van der Waals surface area contributed by atoms with Crippen molar-refractivity contribution in [3.05, 3.63) is 12.2 Å². The monoisotopic (exact) mass is 413 g/mol. The Morgan fingerprint density at radius 3 is 2.47 bits per heavy atom. The summed E-state index contributed by atoms with van der Waals surface area (Å²) in [7, 11) is 0. The number of hydrogen-bond acceptors (Lipinski definition) is 4. The van der Waals surface area contributed by atoms with Gasteiger partial charge in [0.25, 0.3) is 0 Å². The maximum atomic E-state index is 13.5. The zero-order valence-electron chi connectivity index (χ0n) is 18.3. The molecule has 3 heterocycles. The van der Waals surface area contributed by atoms with Gasteiger partial charge in [-0.3, -0.25) is 9.59 Å². The molecule has 2 aliphatic carbocycles. The summed E-state index contributed by atoms with van der Waals surface area (Å²) in [5.41, 5.74) is 0.169. The molecule has 5 rings (SSSR count). The molecule has 30 heavy (non-hydrogen) atoms. The lowest BCUT2D eigenvalue weighted by Gasteiger charge is -2.38. The summed E-state index contributed by atoms with van der Waals surface area (Å²) >= 11 is 0. The van der Waals surface area contributed by atoms with Crippen LogP contribution in [0.1, 0.15) is 76.5 Å². The number of likely N-dealkylation sites (tertiary alicyclic amines) is 2. The van der Waals surface area contributed by atoms with Gasteiger partial charge < -0.3 is 14.4 Å². The molecular formula is C23H35N5O2. The lowest BCUT2D eigenvalue weighted by atomic mass is 9.67. The van der Waals surface area contributed by atoms with E-state index in [0.717, 1.165) is 44.2 Å². The Kier molecular flexibility index (Phi) is 5.31. The highest BCUT2D eigenvalue weighted by molar-refractivity contribution is 5.80. The molecule has 0 radical (unpaired) electrons. The Morgan fingerprint density at radius 2 is 1.80 bits per heavy atom. The summed E-state index contributed by atoms with van der Waals surface area (Å²) < 4.78 is 2.29. The number of piperidine rings is 1. The number of amides is 2. The summed E-state index contributed by atoms with van der Waals surface area (Å²) in [6.07, 6.45) is 12.3. The second-order valence-electron chi connectivity index (χ2n) is 10.3. The highest BCUT2D eigenvalue weighted by atomic mass is 16.2. The van der Waals surface area contributed by atoms with Crippen LogP contribution < -0.4 is 0 Å². The zero-order valence-corrected chi connectivity index (χ0v) is 18.3. The van der Waals surface area contributed by atoms with Gasteiger partial charge in [-0.15, -0.1) is 10.2 Å². The van der Waals surface area contributed by atoms with Crippen molar-refractivity contribution < 1.29 is 9.59 Å². The predicted octanol–water partition coefficient (Wildman–Crippen LogP) is 2.82. The molecule has 0 bridgehead atoms. The van der Waals surface area contributed by atoms with Gasteiger partial charge in [-0.1, -0.05) is 19.3 Å². The molecule has 1 unspecified atom stereocenters. The highest BCUT2D eigenvalue weighted by Crippen LogP contribution is 2.52. The SMILES string of the molecule is CC(=O)N1CCC(C(=O)N2CC(c3nncn3CC3CC3)C3(CCCCC3)C2)CC1. The molecule has 1 atom stereocenters. The number of nitrogens with zero attached hydrogens (tertiary/aromatic N) is 5. The van der Waals surface area contributed by atoms with Crippen LogP contribution in [0.5, 0.6) is 0 Å². The Morgan fingerprint density at radius 1 is 1.07 bits per heavy atom. The Labute approximate surface area is 179 Å². The lowest BCUT2D eigenvalue weighted by Crippen LogP contribution is -2.43. The van der Waals surface area contributed by atoms with Gasteiger partial charge in [0.1, 0.15) is 12.2 Å². The molecule has 2 aliphatic heterocycles. The van der Waals surface area contributed by atoms with E-state index in [9.17, 15) is 9.59 Å². The van der Waals surface area contributed by atoms with E-state index in [0.29, 0.717) is 24.9 Å². The minimum absolute atomic E-state index is 0.0596. The molecular weight excluding hydrogens is 378 g/mol. The van der Waals surface area contributed by atoms with E-state index in [-0.39, 0.29) is 17.2 Å². The van der Waals surface area contributed by atoms with Gasteiger partial charge in [-0.25, -0.2) is 0 Å². The number of aromatic nitrogens is 3. The fraction of sp³-hybridized carbons (Fsp3) is 0.826. The molecule has 2 amide bonds. The van der Waals surface area contributed by atoms with Crippen LogP contribution in [0.2, 0.25) is 0 Å². The van der Waals surface area contributed by atoms with Crippen molar-refractivity contribution in [1.82, 2.24) is 24.6 Å². The number of hydrogen-bond donors (Lipinski definition) is 0. The molecule has 0 aromatic carbocycles. The molecule has 2 saturated carbocycles. The summed E-state index contributed by atoms with van der Waals surface area (Å²) in [4.78, 5) is 29.1. The van der Waals surface area contributed by atoms with E-state index >= 15 is 0 Å². The molecule has 4 aliphatic rings. The van der Waals surface area contributed by atoms with E-state index in [2.05, 4.69) is 19.7 Å². The van der Waals surface area contributed by atoms with Crippen molar-refractivity contribution in [3.8, 4) is 0 Å². The first-order valence-electron chi connectivity index (χ1n) is 12.0. The van der Waals surface area contributed by atoms with Gasteiger partial charge in [-0.05, 0) is 49.9 Å². The third-order valence-electron chi connectivity index (χ3n) is 8.21. The predicted molar refractivity (Wildman–Crippen MR) is 113 cm³/mol. The van der Waals surface area contributed by atoms with Crippen LogP contribution in [-0.2, 0) is 16.1 Å². The van der Waals surface area contributed by atoms with E-state index in [1.54, 1.807) is 6.92 Å². The number of carbonyl (C=O) groups is 2. The van der Waals surface area contributed by atoms with Gasteiger partial charge in [0, 0.05) is 51.5 Å². The summed E-state index contributed by atoms with van der Waals surface area (Å²) in [5, 5.41) is 8.88. The van der Waals surface area contributed by atoms with Gasteiger partial charge >= 0.3 is 0 Å². The molecule has 2 saturated heterocycles. The third kappa shape index (κ3) is 3.76. The van der Waals surface area contributed by atoms with Gasteiger partial charge in [0.2, 0.25) is 11.8 Å². The van der Waals surface area contributed by atoms with Crippen LogP contribution in [-0.4, -0.2) is 62.6 Å². The molecule has 1 aromatic rings. The standard InChI is InChI=1S/C23H35N5O2/c1-17(29)26-11-7-19(8-12-26)22(30)27-14-20(23(15-27)9-3-2-4-10-23)21-25-24-16-28(21)13-18-5-6-18/h16,18-20H,2-15H2,1H3. The normalized spacial score (nSPS) is 27.0. The third-order valence-corrected chi connectivity index (χ3v) is 8.21. The van der Waals surface area contributed by atoms with Crippen molar-refractivity contribution in [3.63, 3.8) is 0 Å².